The van der Waals surface area contributed by atoms with E-state index in [1.54, 1.807) is 0 Å². The lowest BCUT2D eigenvalue weighted by Gasteiger charge is -2.36. The number of aromatic nitrogens is 1. The third kappa shape index (κ3) is 3.30. The van der Waals surface area contributed by atoms with Crippen LogP contribution in [0.1, 0.15) is 31.2 Å². The van der Waals surface area contributed by atoms with Crippen LogP contribution in [0.2, 0.25) is 0 Å². The van der Waals surface area contributed by atoms with Crippen LogP contribution in [0.4, 0.5) is 0 Å². The number of nitrogens with one attached hydrogen (secondary N) is 1. The number of nitrogens with zero attached hydrogens (tertiary/aromatic N) is 2. The first kappa shape index (κ1) is 13.5. The second-order valence-corrected chi connectivity index (χ2v) is 5.61. The highest BCUT2D eigenvalue weighted by Crippen LogP contribution is 2.32. The van der Waals surface area contributed by atoms with Crippen LogP contribution in [0.3, 0.4) is 0 Å². The van der Waals surface area contributed by atoms with Crippen molar-refractivity contribution in [2.45, 2.75) is 37.6 Å². The molecule has 0 radical (unpaired) electrons. The molecule has 0 amide bonds. The van der Waals surface area contributed by atoms with Gasteiger partial charge in [0, 0.05) is 24.5 Å². The molecule has 3 heteroatoms. The molecule has 1 aromatic rings. The maximum absolute atomic E-state index is 4.04. The van der Waals surface area contributed by atoms with Crippen LogP contribution in [0.25, 0.3) is 0 Å². The van der Waals surface area contributed by atoms with Crippen molar-refractivity contribution in [3.05, 3.63) is 30.1 Å². The van der Waals surface area contributed by atoms with Crippen molar-refractivity contribution < 1.29 is 0 Å². The molecule has 1 fully saturated rings. The lowest BCUT2D eigenvalue weighted by atomic mass is 9.96. The van der Waals surface area contributed by atoms with Crippen LogP contribution in [-0.4, -0.2) is 42.6 Å². The standard InChI is InChI=1S/C15H25N3/c1-18(2)15(8-3-4-9-15)13-17-12-7-14-5-10-16-11-6-14/h5-6,10-11,17H,3-4,7-9,12-13H2,1-2H3. The number of likely N-dealkylation sites (N-methyl/N-ethyl adjacent to an activating group) is 1. The molecular formula is C15H25N3. The first-order valence-corrected chi connectivity index (χ1v) is 7.00. The van der Waals surface area contributed by atoms with Crippen molar-refractivity contribution in [3.63, 3.8) is 0 Å². The smallest absolute Gasteiger partial charge is 0.0327 e. The topological polar surface area (TPSA) is 28.2 Å². The number of hydrogen-bond acceptors (Lipinski definition) is 3. The molecule has 1 aliphatic rings. The summed E-state index contributed by atoms with van der Waals surface area (Å²) in [7, 11) is 4.44. The van der Waals surface area contributed by atoms with Crippen molar-refractivity contribution in [3.8, 4) is 0 Å². The molecule has 100 valence electrons. The van der Waals surface area contributed by atoms with Crippen LogP contribution >= 0.6 is 0 Å². The van der Waals surface area contributed by atoms with E-state index >= 15 is 0 Å². The molecule has 1 N–H and O–H groups in total. The van der Waals surface area contributed by atoms with Gasteiger partial charge in [-0.1, -0.05) is 12.8 Å². The Bertz CT molecular complexity index is 342. The highest BCUT2D eigenvalue weighted by atomic mass is 15.2. The average Bonchev–Trinajstić information content (AvgIpc) is 2.86. The normalized spacial score (nSPS) is 18.4. The van der Waals surface area contributed by atoms with E-state index in [1.807, 2.05) is 12.4 Å². The second kappa shape index (κ2) is 6.30. The molecule has 0 bridgehead atoms. The summed E-state index contributed by atoms with van der Waals surface area (Å²) < 4.78 is 0. The van der Waals surface area contributed by atoms with Crippen molar-refractivity contribution in [1.82, 2.24) is 15.2 Å². The summed E-state index contributed by atoms with van der Waals surface area (Å²) in [6.07, 6.45) is 10.3. The number of pyridine rings is 1. The monoisotopic (exact) mass is 247 g/mol. The summed E-state index contributed by atoms with van der Waals surface area (Å²) >= 11 is 0. The van der Waals surface area contributed by atoms with Crippen LogP contribution in [0.15, 0.2) is 24.5 Å². The molecule has 0 aromatic carbocycles. The van der Waals surface area contributed by atoms with Crippen molar-refractivity contribution >= 4 is 0 Å². The third-order valence-electron chi connectivity index (χ3n) is 4.28. The SMILES string of the molecule is CN(C)C1(CNCCc2ccncc2)CCCC1. The van der Waals surface area contributed by atoms with Gasteiger partial charge in [0.15, 0.2) is 0 Å². The molecule has 2 rings (SSSR count). The highest BCUT2D eigenvalue weighted by Gasteiger charge is 2.35. The summed E-state index contributed by atoms with van der Waals surface area (Å²) in [5, 5.41) is 3.64. The molecule has 1 aliphatic carbocycles. The van der Waals surface area contributed by atoms with Gasteiger partial charge >= 0.3 is 0 Å². The maximum Gasteiger partial charge on any atom is 0.0327 e. The molecule has 0 saturated heterocycles. The fourth-order valence-electron chi connectivity index (χ4n) is 2.92. The van der Waals surface area contributed by atoms with Crippen molar-refractivity contribution in [1.29, 1.82) is 0 Å². The van der Waals surface area contributed by atoms with E-state index in [1.165, 1.54) is 31.2 Å². The zero-order valence-corrected chi connectivity index (χ0v) is 11.7. The lowest BCUT2D eigenvalue weighted by molar-refractivity contribution is 0.154. The predicted molar refractivity (Wildman–Crippen MR) is 75.7 cm³/mol. The van der Waals surface area contributed by atoms with Gasteiger partial charge < -0.3 is 10.2 Å². The fourth-order valence-corrected chi connectivity index (χ4v) is 2.92. The Morgan fingerprint density at radius 2 is 1.89 bits per heavy atom. The molecule has 1 aromatic heterocycles. The Balaban J connectivity index is 1.74. The van der Waals surface area contributed by atoms with Gasteiger partial charge in [0.1, 0.15) is 0 Å². The van der Waals surface area contributed by atoms with Gasteiger partial charge in [-0.3, -0.25) is 4.98 Å². The van der Waals surface area contributed by atoms with Crippen molar-refractivity contribution in [2.24, 2.45) is 0 Å². The minimum absolute atomic E-state index is 0.401. The maximum atomic E-state index is 4.04. The molecule has 18 heavy (non-hydrogen) atoms. The molecule has 0 atom stereocenters. The summed E-state index contributed by atoms with van der Waals surface area (Å²) in [5.41, 5.74) is 1.76. The van der Waals surface area contributed by atoms with E-state index in [0.717, 1.165) is 19.5 Å². The minimum atomic E-state index is 0.401. The van der Waals surface area contributed by atoms with Gasteiger partial charge in [0.2, 0.25) is 0 Å². The first-order valence-electron chi connectivity index (χ1n) is 7.00. The Morgan fingerprint density at radius 3 is 2.50 bits per heavy atom. The summed E-state index contributed by atoms with van der Waals surface area (Å²) in [5.74, 6) is 0. The van der Waals surface area contributed by atoms with Gasteiger partial charge in [0.05, 0.1) is 0 Å². The van der Waals surface area contributed by atoms with Crippen LogP contribution in [0, 0.1) is 0 Å². The van der Waals surface area contributed by atoms with Gasteiger partial charge in [-0.15, -0.1) is 0 Å². The largest absolute Gasteiger partial charge is 0.315 e. The molecule has 3 nitrogen and oxygen atoms in total. The molecule has 1 saturated carbocycles. The van der Waals surface area contributed by atoms with Gasteiger partial charge in [-0.25, -0.2) is 0 Å². The molecular weight excluding hydrogens is 222 g/mol. The number of rotatable bonds is 6. The Labute approximate surface area is 111 Å². The fraction of sp³-hybridized carbons (Fsp3) is 0.667. The van der Waals surface area contributed by atoms with Gasteiger partial charge in [-0.05, 0) is 57.6 Å². The van der Waals surface area contributed by atoms with E-state index in [9.17, 15) is 0 Å². The second-order valence-electron chi connectivity index (χ2n) is 5.61. The van der Waals surface area contributed by atoms with E-state index in [-0.39, 0.29) is 0 Å². The van der Waals surface area contributed by atoms with E-state index < -0.39 is 0 Å². The molecule has 1 heterocycles. The van der Waals surface area contributed by atoms with E-state index in [4.69, 9.17) is 0 Å². The molecule has 0 aliphatic heterocycles. The third-order valence-corrected chi connectivity index (χ3v) is 4.28. The highest BCUT2D eigenvalue weighted by molar-refractivity contribution is 5.09. The van der Waals surface area contributed by atoms with Crippen LogP contribution < -0.4 is 5.32 Å². The van der Waals surface area contributed by atoms with Crippen LogP contribution in [-0.2, 0) is 6.42 Å². The summed E-state index contributed by atoms with van der Waals surface area (Å²) in [4.78, 5) is 6.46. The molecule has 0 unspecified atom stereocenters. The van der Waals surface area contributed by atoms with E-state index in [2.05, 4.69) is 41.4 Å². The Morgan fingerprint density at radius 1 is 1.22 bits per heavy atom. The van der Waals surface area contributed by atoms with Crippen LogP contribution in [0.5, 0.6) is 0 Å². The quantitative estimate of drug-likeness (QED) is 0.780. The zero-order chi connectivity index (χ0) is 12.8. The Hall–Kier alpha value is -0.930. The van der Waals surface area contributed by atoms with Crippen molar-refractivity contribution in [2.75, 3.05) is 27.2 Å². The summed E-state index contributed by atoms with van der Waals surface area (Å²) in [6, 6.07) is 4.19. The van der Waals surface area contributed by atoms with E-state index in [0.29, 0.717) is 5.54 Å². The average molecular weight is 247 g/mol. The lowest BCUT2D eigenvalue weighted by Crippen LogP contribution is -2.49. The minimum Gasteiger partial charge on any atom is -0.315 e. The van der Waals surface area contributed by atoms with Gasteiger partial charge in [0.25, 0.3) is 0 Å². The number of hydrogen-bond donors (Lipinski definition) is 1. The first-order chi connectivity index (χ1) is 8.73. The summed E-state index contributed by atoms with van der Waals surface area (Å²) in [6.45, 7) is 2.17. The molecule has 0 spiro atoms. The van der Waals surface area contributed by atoms with Gasteiger partial charge in [-0.2, -0.15) is 0 Å². The Kier molecular flexibility index (Phi) is 4.72. The predicted octanol–water partition coefficient (Wildman–Crippen LogP) is 2.09. The zero-order valence-electron chi connectivity index (χ0n) is 11.7.